The van der Waals surface area contributed by atoms with E-state index < -0.39 is 0 Å². The van der Waals surface area contributed by atoms with Gasteiger partial charge in [-0.25, -0.2) is 4.39 Å². The van der Waals surface area contributed by atoms with Gasteiger partial charge in [-0.15, -0.1) is 11.3 Å². The molecule has 3 aromatic rings. The lowest BCUT2D eigenvalue weighted by Gasteiger charge is -2.37. The van der Waals surface area contributed by atoms with E-state index in [4.69, 9.17) is 14.2 Å². The number of carbonyl (C=O) groups is 2. The van der Waals surface area contributed by atoms with E-state index in [9.17, 15) is 14.0 Å². The number of methoxy groups -OCH3 is 2. The second-order valence-electron chi connectivity index (χ2n) is 8.37. The van der Waals surface area contributed by atoms with Crippen molar-refractivity contribution in [3.05, 3.63) is 81.8 Å². The molecule has 1 aliphatic rings. The van der Waals surface area contributed by atoms with Gasteiger partial charge >= 0.3 is 0 Å². The number of carbonyl (C=O) groups excluding carboxylic acids is 2. The molecule has 2 aromatic carbocycles. The van der Waals surface area contributed by atoms with Gasteiger partial charge in [0.2, 0.25) is 5.91 Å². The number of ether oxygens (including phenoxy) is 3. The number of amides is 2. The number of thiophene rings is 1. The lowest BCUT2D eigenvalue weighted by atomic mass is 10.0. The minimum absolute atomic E-state index is 0.0931. The van der Waals surface area contributed by atoms with E-state index in [1.807, 2.05) is 11.4 Å². The molecule has 0 fully saturated rings. The summed E-state index contributed by atoms with van der Waals surface area (Å²) in [5.74, 6) is 0.223. The van der Waals surface area contributed by atoms with Gasteiger partial charge in [0.1, 0.15) is 30.5 Å². The molecule has 9 heteroatoms. The van der Waals surface area contributed by atoms with Crippen LogP contribution in [0.15, 0.2) is 60.0 Å². The molecular formula is C27H29FN2O5S. The van der Waals surface area contributed by atoms with Gasteiger partial charge in [-0.3, -0.25) is 9.59 Å². The molecule has 0 unspecified atom stereocenters. The van der Waals surface area contributed by atoms with Crippen LogP contribution < -0.4 is 9.47 Å². The first-order valence-corrected chi connectivity index (χ1v) is 12.5. The average Bonchev–Trinajstić information content (AvgIpc) is 3.38. The molecule has 0 bridgehead atoms. The highest BCUT2D eigenvalue weighted by molar-refractivity contribution is 7.10. The van der Waals surface area contributed by atoms with Gasteiger partial charge in [0.15, 0.2) is 0 Å². The highest BCUT2D eigenvalue weighted by Gasteiger charge is 2.33. The van der Waals surface area contributed by atoms with Crippen molar-refractivity contribution in [2.24, 2.45) is 0 Å². The maximum atomic E-state index is 13.6. The molecule has 0 aliphatic carbocycles. The van der Waals surface area contributed by atoms with Crippen LogP contribution in [-0.4, -0.2) is 68.7 Å². The van der Waals surface area contributed by atoms with Crippen LogP contribution in [0, 0.1) is 5.82 Å². The summed E-state index contributed by atoms with van der Waals surface area (Å²) in [6.45, 7) is 1.18. The lowest BCUT2D eigenvalue weighted by molar-refractivity contribution is -0.135. The largest absolute Gasteiger partial charge is 0.497 e. The van der Waals surface area contributed by atoms with Crippen molar-refractivity contribution in [1.82, 2.24) is 9.80 Å². The quantitative estimate of drug-likeness (QED) is 0.408. The fraction of sp³-hybridized carbons (Fsp3) is 0.333. The molecular weight excluding hydrogens is 483 g/mol. The summed E-state index contributed by atoms with van der Waals surface area (Å²) in [4.78, 5) is 31.3. The zero-order valence-electron chi connectivity index (χ0n) is 20.3. The van der Waals surface area contributed by atoms with E-state index in [1.165, 1.54) is 21.9 Å². The Morgan fingerprint density at radius 3 is 2.64 bits per heavy atom. The Balaban J connectivity index is 1.51. The minimum atomic E-state index is -0.383. The van der Waals surface area contributed by atoms with E-state index in [-0.39, 0.29) is 43.4 Å². The summed E-state index contributed by atoms with van der Waals surface area (Å²) in [5, 5.41) is 2.01. The first-order chi connectivity index (χ1) is 17.5. The van der Waals surface area contributed by atoms with E-state index in [0.717, 1.165) is 12.0 Å². The highest BCUT2D eigenvalue weighted by Crippen LogP contribution is 2.34. The van der Waals surface area contributed by atoms with E-state index in [0.29, 0.717) is 30.2 Å². The molecule has 2 amide bonds. The molecule has 4 rings (SSSR count). The number of hydrogen-bond acceptors (Lipinski definition) is 6. The van der Waals surface area contributed by atoms with Crippen LogP contribution in [0.2, 0.25) is 0 Å². The lowest BCUT2D eigenvalue weighted by Crippen LogP contribution is -2.48. The van der Waals surface area contributed by atoms with Gasteiger partial charge in [0.25, 0.3) is 5.91 Å². The fourth-order valence-electron chi connectivity index (χ4n) is 4.23. The number of benzene rings is 2. The molecule has 7 nitrogen and oxygen atoms in total. The number of nitrogens with zero attached hydrogens (tertiary/aromatic N) is 2. The van der Waals surface area contributed by atoms with Gasteiger partial charge in [-0.2, -0.15) is 0 Å². The summed E-state index contributed by atoms with van der Waals surface area (Å²) >= 11 is 1.65. The maximum absolute atomic E-state index is 13.6. The summed E-state index contributed by atoms with van der Waals surface area (Å²) in [6, 6.07) is 14.4. The molecule has 1 aliphatic heterocycles. The van der Waals surface area contributed by atoms with Crippen LogP contribution in [-0.2, 0) is 16.0 Å². The Bertz CT molecular complexity index is 1180. The fourth-order valence-corrected chi connectivity index (χ4v) is 5.16. The third kappa shape index (κ3) is 6.03. The number of fused-ring (bicyclic) bond motifs is 1. The monoisotopic (exact) mass is 512 g/mol. The number of halogens is 1. The third-order valence-corrected chi connectivity index (χ3v) is 7.13. The summed E-state index contributed by atoms with van der Waals surface area (Å²) < 4.78 is 29.9. The van der Waals surface area contributed by atoms with Crippen molar-refractivity contribution in [2.45, 2.75) is 12.5 Å². The average molecular weight is 513 g/mol. The Kier molecular flexibility index (Phi) is 8.56. The Morgan fingerprint density at radius 1 is 1.11 bits per heavy atom. The van der Waals surface area contributed by atoms with E-state index >= 15 is 0 Å². The maximum Gasteiger partial charge on any atom is 0.254 e. The Hall–Kier alpha value is -3.43. The zero-order chi connectivity index (χ0) is 25.5. The topological polar surface area (TPSA) is 68.3 Å². The first kappa shape index (κ1) is 25.7. The van der Waals surface area contributed by atoms with Crippen molar-refractivity contribution < 1.29 is 28.2 Å². The van der Waals surface area contributed by atoms with Crippen LogP contribution in [0.1, 0.15) is 26.8 Å². The van der Waals surface area contributed by atoms with Gasteiger partial charge in [-0.1, -0.05) is 6.07 Å². The van der Waals surface area contributed by atoms with Crippen LogP contribution in [0.25, 0.3) is 0 Å². The number of rotatable bonds is 10. The molecule has 1 atom stereocenters. The SMILES string of the molecule is COCCN(CC(=O)N1CCc2sccc2[C@@H]1COc1cccc(F)c1)C(=O)c1ccc(OC)cc1. The molecule has 0 spiro atoms. The van der Waals surface area contributed by atoms with Crippen molar-refractivity contribution in [1.29, 1.82) is 0 Å². The van der Waals surface area contributed by atoms with Gasteiger partial charge in [0, 0.05) is 36.7 Å². The van der Waals surface area contributed by atoms with Crippen LogP contribution in [0.5, 0.6) is 11.5 Å². The molecule has 0 saturated carbocycles. The Labute approximate surface area is 214 Å². The molecule has 36 heavy (non-hydrogen) atoms. The van der Waals surface area contributed by atoms with Crippen molar-refractivity contribution in [2.75, 3.05) is 47.1 Å². The van der Waals surface area contributed by atoms with E-state index in [1.54, 1.807) is 66.9 Å². The van der Waals surface area contributed by atoms with Gasteiger partial charge in [0.05, 0.1) is 19.8 Å². The molecule has 0 N–H and O–H groups in total. The molecule has 0 radical (unpaired) electrons. The second kappa shape index (κ2) is 12.0. The second-order valence-corrected chi connectivity index (χ2v) is 9.37. The first-order valence-electron chi connectivity index (χ1n) is 11.7. The summed E-state index contributed by atoms with van der Waals surface area (Å²) in [7, 11) is 3.12. The van der Waals surface area contributed by atoms with Gasteiger partial charge < -0.3 is 24.0 Å². The Morgan fingerprint density at radius 2 is 1.92 bits per heavy atom. The molecule has 0 saturated heterocycles. The van der Waals surface area contributed by atoms with Crippen molar-refractivity contribution in [3.8, 4) is 11.5 Å². The molecule has 2 heterocycles. The predicted molar refractivity (Wildman–Crippen MR) is 135 cm³/mol. The number of hydrogen-bond donors (Lipinski definition) is 0. The van der Waals surface area contributed by atoms with Crippen molar-refractivity contribution >= 4 is 23.2 Å². The summed E-state index contributed by atoms with van der Waals surface area (Å²) in [6.07, 6.45) is 0.736. The molecule has 190 valence electrons. The molecule has 1 aromatic heterocycles. The highest BCUT2D eigenvalue weighted by atomic mass is 32.1. The van der Waals surface area contributed by atoms with Crippen LogP contribution in [0.3, 0.4) is 0 Å². The van der Waals surface area contributed by atoms with Crippen molar-refractivity contribution in [3.63, 3.8) is 0 Å². The zero-order valence-corrected chi connectivity index (χ0v) is 21.1. The normalized spacial score (nSPS) is 14.8. The summed E-state index contributed by atoms with van der Waals surface area (Å²) in [5.41, 5.74) is 1.49. The van der Waals surface area contributed by atoms with Gasteiger partial charge in [-0.05, 0) is 59.8 Å². The minimum Gasteiger partial charge on any atom is -0.497 e. The smallest absolute Gasteiger partial charge is 0.254 e. The van der Waals surface area contributed by atoms with Crippen LogP contribution in [0.4, 0.5) is 4.39 Å². The van der Waals surface area contributed by atoms with Crippen LogP contribution >= 0.6 is 11.3 Å². The predicted octanol–water partition coefficient (Wildman–Crippen LogP) is 4.19. The third-order valence-electron chi connectivity index (χ3n) is 6.13. The van der Waals surface area contributed by atoms with E-state index in [2.05, 4.69) is 0 Å². The standard InChI is InChI=1S/C27H29FN2O5S/c1-33-14-13-29(27(32)19-6-8-21(34-2)9-7-19)17-26(31)30-12-10-25-23(11-15-36-25)24(30)18-35-22-5-3-4-20(28)16-22/h3-9,11,15-16,24H,10,12-14,17-18H2,1-2H3/t24-/m0/s1.